The number of aliphatic hydroxyl groups excluding tert-OH is 1. The molecule has 3 N–H and O–H groups in total. The molecule has 10 nitrogen and oxygen atoms in total. The second kappa shape index (κ2) is 16.5. The summed E-state index contributed by atoms with van der Waals surface area (Å²) in [5.41, 5.74) is 5.08. The lowest BCUT2D eigenvalue weighted by molar-refractivity contribution is -0.253. The molecular formula is C35H44N4O6. The molecule has 0 unspecified atom stereocenters. The lowest BCUT2D eigenvalue weighted by Crippen LogP contribution is -2.49. The molecule has 0 bridgehead atoms. The molecule has 0 spiro atoms. The van der Waals surface area contributed by atoms with Gasteiger partial charge in [0, 0.05) is 57.8 Å². The minimum absolute atomic E-state index is 0.00464. The SMILES string of the molecule is CCOC(=O)CNC(=O)NCc1ccc([C@H]2O[C@@H](CN3CCN(Cc4ccccc4)CC3)C[C@@H](c3ccc(CO)cc3)O2)cc1. The van der Waals surface area contributed by atoms with Crippen LogP contribution in [0.1, 0.15) is 53.6 Å². The summed E-state index contributed by atoms with van der Waals surface area (Å²) in [6.07, 6.45) is 0.0319. The summed E-state index contributed by atoms with van der Waals surface area (Å²) in [6.45, 7) is 7.93. The molecule has 0 aliphatic carbocycles. The van der Waals surface area contributed by atoms with Gasteiger partial charge in [0.15, 0.2) is 6.29 Å². The highest BCUT2D eigenvalue weighted by molar-refractivity contribution is 5.80. The molecule has 45 heavy (non-hydrogen) atoms. The van der Waals surface area contributed by atoms with Crippen LogP contribution < -0.4 is 10.6 Å². The van der Waals surface area contributed by atoms with Crippen molar-refractivity contribution in [1.82, 2.24) is 20.4 Å². The van der Waals surface area contributed by atoms with E-state index in [2.05, 4.69) is 50.8 Å². The highest BCUT2D eigenvalue weighted by Gasteiger charge is 2.33. The first-order valence-corrected chi connectivity index (χ1v) is 15.7. The van der Waals surface area contributed by atoms with Gasteiger partial charge in [-0.3, -0.25) is 14.6 Å². The Morgan fingerprint density at radius 3 is 2.18 bits per heavy atom. The summed E-state index contributed by atoms with van der Waals surface area (Å²) in [7, 11) is 0. The third-order valence-corrected chi connectivity index (χ3v) is 8.19. The van der Waals surface area contributed by atoms with Crippen LogP contribution >= 0.6 is 0 Å². The summed E-state index contributed by atoms with van der Waals surface area (Å²) in [5, 5.41) is 14.8. The molecule has 3 atom stereocenters. The second-order valence-electron chi connectivity index (χ2n) is 11.5. The first kappa shape index (κ1) is 32.6. The van der Waals surface area contributed by atoms with Crippen LogP contribution in [0.15, 0.2) is 78.9 Å². The van der Waals surface area contributed by atoms with Gasteiger partial charge < -0.3 is 30.0 Å². The molecular weight excluding hydrogens is 572 g/mol. The van der Waals surface area contributed by atoms with Crippen molar-refractivity contribution in [1.29, 1.82) is 0 Å². The molecule has 2 saturated heterocycles. The maximum absolute atomic E-state index is 12.1. The molecule has 2 fully saturated rings. The van der Waals surface area contributed by atoms with Gasteiger partial charge in [0.2, 0.25) is 0 Å². The van der Waals surface area contributed by atoms with Gasteiger partial charge in [0.25, 0.3) is 0 Å². The normalized spacial score (nSPS) is 20.8. The molecule has 2 heterocycles. The Labute approximate surface area is 265 Å². The van der Waals surface area contributed by atoms with E-state index in [0.717, 1.165) is 67.9 Å². The Balaban J connectivity index is 1.18. The molecule has 0 saturated carbocycles. The van der Waals surface area contributed by atoms with Crippen LogP contribution in [0.25, 0.3) is 0 Å². The average Bonchev–Trinajstić information content (AvgIpc) is 3.08. The number of nitrogens with one attached hydrogen (secondary N) is 2. The van der Waals surface area contributed by atoms with Crippen molar-refractivity contribution in [2.75, 3.05) is 45.9 Å². The molecule has 2 aliphatic heterocycles. The molecule has 2 amide bonds. The van der Waals surface area contributed by atoms with E-state index >= 15 is 0 Å². The predicted octanol–water partition coefficient (Wildman–Crippen LogP) is 3.90. The Bertz CT molecular complexity index is 1350. The molecule has 2 aliphatic rings. The zero-order valence-corrected chi connectivity index (χ0v) is 25.9. The van der Waals surface area contributed by atoms with Crippen molar-refractivity contribution in [2.24, 2.45) is 0 Å². The first-order chi connectivity index (χ1) is 22.0. The number of amides is 2. The Kier molecular flexibility index (Phi) is 11.9. The van der Waals surface area contributed by atoms with Gasteiger partial charge in [-0.25, -0.2) is 4.79 Å². The van der Waals surface area contributed by atoms with Gasteiger partial charge in [0.05, 0.1) is 25.4 Å². The number of esters is 1. The quantitative estimate of drug-likeness (QED) is 0.263. The van der Waals surface area contributed by atoms with Crippen LogP contribution in [0.4, 0.5) is 4.79 Å². The zero-order chi connectivity index (χ0) is 31.4. The number of carbonyl (C=O) groups is 2. The minimum Gasteiger partial charge on any atom is -0.465 e. The van der Waals surface area contributed by atoms with Crippen LogP contribution in [0.5, 0.6) is 0 Å². The van der Waals surface area contributed by atoms with Crippen molar-refractivity contribution in [3.8, 4) is 0 Å². The zero-order valence-electron chi connectivity index (χ0n) is 25.9. The van der Waals surface area contributed by atoms with Crippen molar-refractivity contribution in [2.45, 2.75) is 51.5 Å². The number of piperazine rings is 1. The van der Waals surface area contributed by atoms with Gasteiger partial charge in [-0.2, -0.15) is 0 Å². The summed E-state index contributed by atoms with van der Waals surface area (Å²) in [5.74, 6) is -0.476. The predicted molar refractivity (Wildman–Crippen MR) is 170 cm³/mol. The fourth-order valence-corrected chi connectivity index (χ4v) is 5.69. The number of ether oxygens (including phenoxy) is 3. The standard InChI is InChI=1S/C35H44N4O6/c1-2-43-33(41)22-37-35(42)36-21-26-8-14-30(15-9-26)34-44-31(20-32(45-34)29-12-10-28(25-40)11-13-29)24-39-18-16-38(17-19-39)23-27-6-4-3-5-7-27/h3-15,31-32,34,40H,2,16-25H2,1H3,(H2,36,37,42)/t31-,32+,34+/m1/s1. The van der Waals surface area contributed by atoms with Gasteiger partial charge in [-0.1, -0.05) is 78.9 Å². The van der Waals surface area contributed by atoms with Crippen LogP contribution in [0, 0.1) is 0 Å². The number of carbonyl (C=O) groups excluding carboxylic acids is 2. The van der Waals surface area contributed by atoms with Crippen LogP contribution in [0.2, 0.25) is 0 Å². The van der Waals surface area contributed by atoms with E-state index in [4.69, 9.17) is 14.2 Å². The molecule has 240 valence electrons. The van der Waals surface area contributed by atoms with E-state index in [0.29, 0.717) is 6.54 Å². The van der Waals surface area contributed by atoms with Gasteiger partial charge >= 0.3 is 12.0 Å². The number of hydrogen-bond donors (Lipinski definition) is 3. The summed E-state index contributed by atoms with van der Waals surface area (Å²) >= 11 is 0. The fourth-order valence-electron chi connectivity index (χ4n) is 5.69. The number of hydrogen-bond acceptors (Lipinski definition) is 8. The maximum Gasteiger partial charge on any atom is 0.325 e. The molecule has 10 heteroatoms. The number of aliphatic hydroxyl groups is 1. The number of benzene rings is 3. The highest BCUT2D eigenvalue weighted by Crippen LogP contribution is 2.38. The third-order valence-electron chi connectivity index (χ3n) is 8.19. The topological polar surface area (TPSA) is 113 Å². The summed E-state index contributed by atoms with van der Waals surface area (Å²) < 4.78 is 17.9. The van der Waals surface area contributed by atoms with Crippen molar-refractivity contribution >= 4 is 12.0 Å². The largest absolute Gasteiger partial charge is 0.465 e. The number of nitrogens with zero attached hydrogens (tertiary/aromatic N) is 2. The summed E-state index contributed by atoms with van der Waals surface area (Å²) in [4.78, 5) is 28.5. The van der Waals surface area contributed by atoms with Crippen LogP contribution in [0.3, 0.4) is 0 Å². The lowest BCUT2D eigenvalue weighted by atomic mass is 9.99. The Morgan fingerprint density at radius 1 is 0.822 bits per heavy atom. The monoisotopic (exact) mass is 616 g/mol. The van der Waals surface area contributed by atoms with E-state index in [-0.39, 0.29) is 32.0 Å². The Morgan fingerprint density at radius 2 is 1.49 bits per heavy atom. The molecule has 0 radical (unpaired) electrons. The second-order valence-corrected chi connectivity index (χ2v) is 11.5. The first-order valence-electron chi connectivity index (χ1n) is 15.7. The maximum atomic E-state index is 12.1. The van der Waals surface area contributed by atoms with E-state index in [1.807, 2.05) is 48.5 Å². The van der Waals surface area contributed by atoms with Gasteiger partial charge in [-0.05, 0) is 29.2 Å². The van der Waals surface area contributed by atoms with E-state index < -0.39 is 18.3 Å². The molecule has 0 aromatic heterocycles. The minimum atomic E-state index is -0.541. The third kappa shape index (κ3) is 9.84. The average molecular weight is 617 g/mol. The van der Waals surface area contributed by atoms with Crippen LogP contribution in [-0.2, 0) is 38.7 Å². The lowest BCUT2D eigenvalue weighted by Gasteiger charge is -2.40. The fraction of sp³-hybridized carbons (Fsp3) is 0.429. The van der Waals surface area contributed by atoms with Crippen molar-refractivity contribution in [3.05, 3.63) is 107 Å². The number of rotatable bonds is 12. The molecule has 3 aromatic carbocycles. The number of urea groups is 1. The van der Waals surface area contributed by atoms with E-state index in [9.17, 15) is 14.7 Å². The van der Waals surface area contributed by atoms with Crippen molar-refractivity contribution in [3.63, 3.8) is 0 Å². The van der Waals surface area contributed by atoms with E-state index in [1.165, 1.54) is 5.56 Å². The van der Waals surface area contributed by atoms with Gasteiger partial charge in [-0.15, -0.1) is 0 Å². The molecule has 5 rings (SSSR count). The van der Waals surface area contributed by atoms with Crippen LogP contribution in [-0.4, -0.2) is 78.9 Å². The Hall–Kier alpha value is -3.80. The van der Waals surface area contributed by atoms with Crippen molar-refractivity contribution < 1.29 is 28.9 Å². The smallest absolute Gasteiger partial charge is 0.325 e. The molecule has 3 aromatic rings. The highest BCUT2D eigenvalue weighted by atomic mass is 16.7. The van der Waals surface area contributed by atoms with Gasteiger partial charge in [0.1, 0.15) is 6.54 Å². The van der Waals surface area contributed by atoms with E-state index in [1.54, 1.807) is 6.92 Å². The summed E-state index contributed by atoms with van der Waals surface area (Å²) in [6, 6.07) is 25.9.